The van der Waals surface area contributed by atoms with E-state index in [2.05, 4.69) is 35.3 Å². The molecule has 3 heteroatoms. The van der Waals surface area contributed by atoms with Crippen molar-refractivity contribution in [2.75, 3.05) is 6.54 Å². The summed E-state index contributed by atoms with van der Waals surface area (Å²) in [6, 6.07) is 22.5. The molecule has 0 atom stereocenters. The topological polar surface area (TPSA) is 32.6 Å². The zero-order chi connectivity index (χ0) is 16.8. The fourth-order valence-corrected chi connectivity index (χ4v) is 4.45. The number of hydrogen-bond acceptors (Lipinski definition) is 2. The predicted molar refractivity (Wildman–Crippen MR) is 104 cm³/mol. The summed E-state index contributed by atoms with van der Waals surface area (Å²) in [5, 5.41) is 13.6. The van der Waals surface area contributed by atoms with Crippen LogP contribution in [0.2, 0.25) is 5.32 Å². The third kappa shape index (κ3) is 4.05. The number of rotatable bonds is 6. The van der Waals surface area contributed by atoms with Gasteiger partial charge in [0.1, 0.15) is 0 Å². The van der Waals surface area contributed by atoms with Gasteiger partial charge in [0.25, 0.3) is 0 Å². The van der Waals surface area contributed by atoms with Crippen LogP contribution in [0, 0.1) is 0 Å². The standard InChI is InChI=1S/C21H21NOSe/c1-16(22-14-7-15-24-18-9-3-2-4-10-18)19-13-12-17-8-5-6-11-20(17)21(19)23/h2-6,8-13,23H,7,14-15H2,1H3. The van der Waals surface area contributed by atoms with Gasteiger partial charge in [-0.15, -0.1) is 0 Å². The molecular weight excluding hydrogens is 361 g/mol. The third-order valence-corrected chi connectivity index (χ3v) is 6.26. The fourth-order valence-electron chi connectivity index (χ4n) is 2.65. The molecule has 0 radical (unpaired) electrons. The summed E-state index contributed by atoms with van der Waals surface area (Å²) in [4.78, 5) is 4.66. The average molecular weight is 382 g/mol. The van der Waals surface area contributed by atoms with Crippen LogP contribution in [-0.4, -0.2) is 32.3 Å². The molecule has 3 aromatic rings. The van der Waals surface area contributed by atoms with Crippen LogP contribution in [0.15, 0.2) is 71.7 Å². The number of aliphatic imine (C=N–C) groups is 1. The second-order valence-corrected chi connectivity index (χ2v) is 8.12. The molecule has 122 valence electrons. The van der Waals surface area contributed by atoms with E-state index < -0.39 is 0 Å². The molecule has 2 nitrogen and oxygen atoms in total. The van der Waals surface area contributed by atoms with Crippen LogP contribution < -0.4 is 4.46 Å². The van der Waals surface area contributed by atoms with Crippen molar-refractivity contribution < 1.29 is 5.11 Å². The van der Waals surface area contributed by atoms with Crippen LogP contribution in [0.4, 0.5) is 0 Å². The van der Waals surface area contributed by atoms with Crippen molar-refractivity contribution in [2.45, 2.75) is 18.7 Å². The molecule has 3 aromatic carbocycles. The molecule has 0 heterocycles. The first-order valence-electron chi connectivity index (χ1n) is 8.15. The Morgan fingerprint density at radius 2 is 1.71 bits per heavy atom. The normalized spacial score (nSPS) is 11.8. The van der Waals surface area contributed by atoms with Crippen molar-refractivity contribution in [3.8, 4) is 5.75 Å². The number of phenolic OH excluding ortho intramolecular Hbond substituents is 1. The van der Waals surface area contributed by atoms with Gasteiger partial charge in [0.2, 0.25) is 0 Å². The molecule has 0 unspecified atom stereocenters. The van der Waals surface area contributed by atoms with E-state index in [4.69, 9.17) is 0 Å². The fraction of sp³-hybridized carbons (Fsp3) is 0.190. The van der Waals surface area contributed by atoms with Crippen LogP contribution in [0.1, 0.15) is 18.9 Å². The van der Waals surface area contributed by atoms with E-state index in [9.17, 15) is 5.11 Å². The maximum atomic E-state index is 10.5. The number of benzene rings is 3. The molecule has 0 bridgehead atoms. The van der Waals surface area contributed by atoms with Crippen molar-refractivity contribution in [1.29, 1.82) is 0 Å². The van der Waals surface area contributed by atoms with E-state index in [1.165, 1.54) is 9.78 Å². The first-order valence-corrected chi connectivity index (χ1v) is 10.2. The summed E-state index contributed by atoms with van der Waals surface area (Å²) in [7, 11) is 0. The summed E-state index contributed by atoms with van der Waals surface area (Å²) in [5.41, 5.74) is 1.74. The van der Waals surface area contributed by atoms with Crippen LogP contribution in [0.3, 0.4) is 0 Å². The summed E-state index contributed by atoms with van der Waals surface area (Å²) in [6.07, 6.45) is 1.08. The van der Waals surface area contributed by atoms with Crippen LogP contribution in [0.25, 0.3) is 10.8 Å². The van der Waals surface area contributed by atoms with Gasteiger partial charge >= 0.3 is 149 Å². The van der Waals surface area contributed by atoms with Gasteiger partial charge in [0, 0.05) is 0 Å². The minimum absolute atomic E-state index is 0.336. The minimum atomic E-state index is 0.336. The first-order chi connectivity index (χ1) is 11.8. The molecule has 1 N–H and O–H groups in total. The predicted octanol–water partition coefficient (Wildman–Crippen LogP) is 4.19. The zero-order valence-electron chi connectivity index (χ0n) is 13.8. The van der Waals surface area contributed by atoms with Crippen molar-refractivity contribution >= 4 is 35.9 Å². The molecule has 0 fully saturated rings. The van der Waals surface area contributed by atoms with Crippen molar-refractivity contribution in [3.05, 3.63) is 72.3 Å². The van der Waals surface area contributed by atoms with Crippen molar-refractivity contribution in [1.82, 2.24) is 0 Å². The molecule has 3 rings (SSSR count). The van der Waals surface area contributed by atoms with E-state index >= 15 is 0 Å². The van der Waals surface area contributed by atoms with Gasteiger partial charge in [-0.2, -0.15) is 0 Å². The second-order valence-electron chi connectivity index (χ2n) is 5.67. The van der Waals surface area contributed by atoms with Gasteiger partial charge in [0.05, 0.1) is 0 Å². The SMILES string of the molecule is CC(=NCCC[Se]c1ccccc1)c1ccc2ccccc2c1O. The number of aromatic hydroxyl groups is 1. The zero-order valence-corrected chi connectivity index (χ0v) is 15.5. The molecule has 0 saturated heterocycles. The van der Waals surface area contributed by atoms with Crippen LogP contribution in [0.5, 0.6) is 5.75 Å². The van der Waals surface area contributed by atoms with E-state index in [1.54, 1.807) is 0 Å². The molecule has 0 aliphatic heterocycles. The van der Waals surface area contributed by atoms with Crippen molar-refractivity contribution in [3.63, 3.8) is 0 Å². The van der Waals surface area contributed by atoms with Gasteiger partial charge in [-0.3, -0.25) is 0 Å². The molecule has 0 aliphatic carbocycles. The van der Waals surface area contributed by atoms with E-state index in [0.717, 1.165) is 35.0 Å². The first kappa shape index (κ1) is 16.8. The monoisotopic (exact) mass is 383 g/mol. The van der Waals surface area contributed by atoms with Gasteiger partial charge in [-0.05, 0) is 0 Å². The number of hydrogen-bond donors (Lipinski definition) is 1. The molecule has 0 spiro atoms. The Labute approximate surface area is 149 Å². The van der Waals surface area contributed by atoms with Gasteiger partial charge in [0.15, 0.2) is 0 Å². The molecule has 24 heavy (non-hydrogen) atoms. The van der Waals surface area contributed by atoms with Gasteiger partial charge < -0.3 is 0 Å². The van der Waals surface area contributed by atoms with E-state index in [-0.39, 0.29) is 0 Å². The Kier molecular flexibility index (Phi) is 5.68. The molecule has 0 aliphatic rings. The average Bonchev–Trinajstić information content (AvgIpc) is 2.62. The van der Waals surface area contributed by atoms with Gasteiger partial charge in [-0.25, -0.2) is 0 Å². The summed E-state index contributed by atoms with van der Waals surface area (Å²) in [6.45, 7) is 2.79. The van der Waals surface area contributed by atoms with Crippen LogP contribution in [-0.2, 0) is 0 Å². The van der Waals surface area contributed by atoms with Crippen molar-refractivity contribution in [2.24, 2.45) is 4.99 Å². The van der Waals surface area contributed by atoms with E-state index in [1.807, 2.05) is 43.3 Å². The molecule has 0 amide bonds. The van der Waals surface area contributed by atoms with Crippen LogP contribution >= 0.6 is 0 Å². The summed E-state index contributed by atoms with van der Waals surface area (Å²) < 4.78 is 1.44. The molecular formula is C21H21NOSe. The number of fused-ring (bicyclic) bond motifs is 1. The Morgan fingerprint density at radius 1 is 0.958 bits per heavy atom. The number of phenols is 1. The Morgan fingerprint density at radius 3 is 2.54 bits per heavy atom. The van der Waals surface area contributed by atoms with Gasteiger partial charge in [-0.1, -0.05) is 0 Å². The van der Waals surface area contributed by atoms with E-state index in [0.29, 0.717) is 20.7 Å². The Bertz CT molecular complexity index is 843. The summed E-state index contributed by atoms with van der Waals surface area (Å²) >= 11 is 0.524. The third-order valence-electron chi connectivity index (χ3n) is 3.95. The number of nitrogens with zero attached hydrogens (tertiary/aromatic N) is 1. The Balaban J connectivity index is 1.60. The molecule has 0 saturated carbocycles. The maximum absolute atomic E-state index is 10.5. The Hall–Kier alpha value is -2.09. The molecule has 0 aromatic heterocycles. The second kappa shape index (κ2) is 8.14. The summed E-state index contributed by atoms with van der Waals surface area (Å²) in [5.74, 6) is 0.336. The quantitative estimate of drug-likeness (QED) is 0.387.